The number of aromatic nitrogens is 2. The number of thioether (sulfide) groups is 1. The minimum atomic E-state index is 0.184. The summed E-state index contributed by atoms with van der Waals surface area (Å²) >= 11 is 1.50. The average molecular weight is 200 g/mol. The third kappa shape index (κ3) is 3.47. The summed E-state index contributed by atoms with van der Waals surface area (Å²) in [6.07, 6.45) is 0.731. The number of nitrogen functional groups attached to an aromatic ring is 2. The molecule has 1 rings (SSSR count). The van der Waals surface area contributed by atoms with Crippen molar-refractivity contribution in [2.24, 2.45) is 0 Å². The van der Waals surface area contributed by atoms with Crippen LogP contribution in [-0.4, -0.2) is 27.4 Å². The number of anilines is 2. The molecule has 13 heavy (non-hydrogen) atoms. The lowest BCUT2D eigenvalue weighted by Crippen LogP contribution is -2.00. The summed E-state index contributed by atoms with van der Waals surface area (Å²) in [5.41, 5.74) is 10.9. The highest BCUT2D eigenvalue weighted by Crippen LogP contribution is 2.18. The van der Waals surface area contributed by atoms with Gasteiger partial charge in [0.15, 0.2) is 0 Å². The fourth-order valence-corrected chi connectivity index (χ4v) is 1.62. The molecule has 1 aromatic rings. The molecule has 5 nitrogen and oxygen atoms in total. The Morgan fingerprint density at radius 2 is 2.15 bits per heavy atom. The van der Waals surface area contributed by atoms with Crippen molar-refractivity contribution in [3.8, 4) is 0 Å². The van der Waals surface area contributed by atoms with Gasteiger partial charge in [0.05, 0.1) is 0 Å². The maximum absolute atomic E-state index is 8.56. The fraction of sp³-hybridized carbons (Fsp3) is 0.429. The molecule has 0 bridgehead atoms. The molecule has 1 heterocycles. The van der Waals surface area contributed by atoms with Crippen LogP contribution >= 0.6 is 11.8 Å². The molecule has 5 N–H and O–H groups in total. The molecule has 1 aromatic heterocycles. The van der Waals surface area contributed by atoms with Gasteiger partial charge in [-0.3, -0.25) is 0 Å². The number of rotatable bonds is 4. The number of aliphatic hydroxyl groups excluding tert-OH is 1. The highest BCUT2D eigenvalue weighted by Gasteiger charge is 1.99. The predicted molar refractivity (Wildman–Crippen MR) is 53.3 cm³/mol. The van der Waals surface area contributed by atoms with Gasteiger partial charge < -0.3 is 16.6 Å². The van der Waals surface area contributed by atoms with Gasteiger partial charge in [-0.25, -0.2) is 4.98 Å². The molecule has 0 aliphatic heterocycles. The number of hydrogen-bond acceptors (Lipinski definition) is 6. The molecule has 0 amide bonds. The van der Waals surface area contributed by atoms with E-state index in [0.29, 0.717) is 5.82 Å². The van der Waals surface area contributed by atoms with E-state index in [4.69, 9.17) is 16.6 Å². The first-order valence-corrected chi connectivity index (χ1v) is 4.84. The van der Waals surface area contributed by atoms with Crippen molar-refractivity contribution in [2.75, 3.05) is 23.8 Å². The van der Waals surface area contributed by atoms with Crippen LogP contribution in [0.5, 0.6) is 0 Å². The van der Waals surface area contributed by atoms with E-state index in [9.17, 15) is 0 Å². The second-order valence-corrected chi connectivity index (χ2v) is 3.53. The van der Waals surface area contributed by atoms with Crippen LogP contribution in [0.25, 0.3) is 0 Å². The Hall–Kier alpha value is -1.01. The van der Waals surface area contributed by atoms with Gasteiger partial charge in [0.25, 0.3) is 0 Å². The highest BCUT2D eigenvalue weighted by molar-refractivity contribution is 7.99. The zero-order valence-corrected chi connectivity index (χ0v) is 7.92. The first kappa shape index (κ1) is 10.1. The van der Waals surface area contributed by atoms with E-state index >= 15 is 0 Å². The predicted octanol–water partition coefficient (Wildman–Crippen LogP) is 0.115. The van der Waals surface area contributed by atoms with Crippen molar-refractivity contribution in [3.63, 3.8) is 0 Å². The van der Waals surface area contributed by atoms with E-state index in [-0.39, 0.29) is 12.6 Å². The summed E-state index contributed by atoms with van der Waals surface area (Å²) in [4.78, 5) is 7.72. The fourth-order valence-electron chi connectivity index (χ4n) is 0.776. The van der Waals surface area contributed by atoms with Gasteiger partial charge >= 0.3 is 0 Å². The van der Waals surface area contributed by atoms with Crippen LogP contribution in [0, 0.1) is 0 Å². The highest BCUT2D eigenvalue weighted by atomic mass is 32.2. The third-order valence-corrected chi connectivity index (χ3v) is 2.29. The molecule has 0 fully saturated rings. The van der Waals surface area contributed by atoms with Gasteiger partial charge in [0.1, 0.15) is 10.8 Å². The number of nitrogens with two attached hydrogens (primary N) is 2. The summed E-state index contributed by atoms with van der Waals surface area (Å²) in [7, 11) is 0. The minimum absolute atomic E-state index is 0.184. The minimum Gasteiger partial charge on any atom is -0.396 e. The Bertz CT molecular complexity index is 261. The molecule has 0 aliphatic carbocycles. The van der Waals surface area contributed by atoms with Crippen molar-refractivity contribution in [1.82, 2.24) is 9.97 Å². The van der Waals surface area contributed by atoms with Gasteiger partial charge in [-0.2, -0.15) is 4.98 Å². The van der Waals surface area contributed by atoms with Gasteiger partial charge in [0.2, 0.25) is 5.95 Å². The standard InChI is InChI=1S/C7H12N4OS/c8-5-4-6(11-7(9)10-5)13-3-1-2-12/h4,12H,1-3H2,(H4,8,9,10,11). The molecule has 0 saturated heterocycles. The smallest absolute Gasteiger partial charge is 0.223 e. The lowest BCUT2D eigenvalue weighted by Gasteiger charge is -2.01. The van der Waals surface area contributed by atoms with Gasteiger partial charge in [-0.15, -0.1) is 11.8 Å². The molecule has 0 aliphatic rings. The molecule has 0 unspecified atom stereocenters. The first-order chi connectivity index (χ1) is 6.22. The molecular weight excluding hydrogens is 188 g/mol. The first-order valence-electron chi connectivity index (χ1n) is 3.86. The second-order valence-electron chi connectivity index (χ2n) is 2.41. The van der Waals surface area contributed by atoms with Crippen LogP contribution in [0.4, 0.5) is 11.8 Å². The average Bonchev–Trinajstić information content (AvgIpc) is 2.03. The molecule has 0 aromatic carbocycles. The van der Waals surface area contributed by atoms with E-state index < -0.39 is 0 Å². The van der Waals surface area contributed by atoms with Crippen molar-refractivity contribution >= 4 is 23.5 Å². The molecule has 0 radical (unpaired) electrons. The van der Waals surface area contributed by atoms with Crippen molar-refractivity contribution in [3.05, 3.63) is 6.07 Å². The summed E-state index contributed by atoms with van der Waals surface area (Å²) < 4.78 is 0. The van der Waals surface area contributed by atoms with E-state index in [1.165, 1.54) is 11.8 Å². The number of aliphatic hydroxyl groups is 1. The Morgan fingerprint density at radius 3 is 2.77 bits per heavy atom. The largest absolute Gasteiger partial charge is 0.396 e. The molecule has 0 spiro atoms. The molecule has 6 heteroatoms. The molecule has 0 saturated carbocycles. The summed E-state index contributed by atoms with van der Waals surface area (Å²) in [5.74, 6) is 1.36. The maximum Gasteiger partial charge on any atom is 0.223 e. The van der Waals surface area contributed by atoms with Crippen LogP contribution in [0.3, 0.4) is 0 Å². The quantitative estimate of drug-likeness (QED) is 0.362. The van der Waals surface area contributed by atoms with Gasteiger partial charge in [-0.1, -0.05) is 0 Å². The molecular formula is C7H12N4OS. The number of hydrogen-bond donors (Lipinski definition) is 3. The van der Waals surface area contributed by atoms with Crippen molar-refractivity contribution < 1.29 is 5.11 Å². The van der Waals surface area contributed by atoms with Crippen LogP contribution in [0.15, 0.2) is 11.1 Å². The lowest BCUT2D eigenvalue weighted by molar-refractivity contribution is 0.296. The Labute approximate surface area is 80.6 Å². The van der Waals surface area contributed by atoms with E-state index in [1.54, 1.807) is 6.07 Å². The van der Waals surface area contributed by atoms with E-state index in [0.717, 1.165) is 17.2 Å². The zero-order valence-electron chi connectivity index (χ0n) is 7.10. The normalized spacial score (nSPS) is 10.2. The SMILES string of the molecule is Nc1cc(SCCCO)nc(N)n1. The van der Waals surface area contributed by atoms with E-state index in [1.807, 2.05) is 0 Å². The molecule has 0 atom stereocenters. The second kappa shape index (κ2) is 4.88. The van der Waals surface area contributed by atoms with E-state index in [2.05, 4.69) is 9.97 Å². The van der Waals surface area contributed by atoms with Gasteiger partial charge in [0, 0.05) is 18.4 Å². The summed E-state index contributed by atoms with van der Waals surface area (Å²) in [6, 6.07) is 1.67. The number of nitrogens with zero attached hydrogens (tertiary/aromatic N) is 2. The van der Waals surface area contributed by atoms with Crippen LogP contribution in [0.2, 0.25) is 0 Å². The van der Waals surface area contributed by atoms with Crippen LogP contribution < -0.4 is 11.5 Å². The Kier molecular flexibility index (Phi) is 3.78. The summed E-state index contributed by atoms with van der Waals surface area (Å²) in [6.45, 7) is 0.184. The van der Waals surface area contributed by atoms with Crippen molar-refractivity contribution in [1.29, 1.82) is 0 Å². The Morgan fingerprint density at radius 1 is 1.38 bits per heavy atom. The zero-order chi connectivity index (χ0) is 9.68. The van der Waals surface area contributed by atoms with Crippen LogP contribution in [0.1, 0.15) is 6.42 Å². The van der Waals surface area contributed by atoms with Crippen LogP contribution in [-0.2, 0) is 0 Å². The monoisotopic (exact) mass is 200 g/mol. The van der Waals surface area contributed by atoms with Gasteiger partial charge in [-0.05, 0) is 6.42 Å². The Balaban J connectivity index is 2.56. The van der Waals surface area contributed by atoms with Crippen molar-refractivity contribution in [2.45, 2.75) is 11.4 Å². The summed E-state index contributed by atoms with van der Waals surface area (Å²) in [5, 5.41) is 9.31. The lowest BCUT2D eigenvalue weighted by atomic mass is 10.5. The topological polar surface area (TPSA) is 98.0 Å². The molecule has 72 valence electrons. The third-order valence-electron chi connectivity index (χ3n) is 1.29. The maximum atomic E-state index is 8.56.